The number of fused-ring (bicyclic) bond motifs is 1. The second-order valence-corrected chi connectivity index (χ2v) is 22.1. The molecule has 0 saturated heterocycles. The molecule has 55 heavy (non-hydrogen) atoms. The molecule has 2 aliphatic carbocycles. The van der Waals surface area contributed by atoms with Gasteiger partial charge in [-0.15, -0.1) is 0 Å². The van der Waals surface area contributed by atoms with Gasteiger partial charge in [0.05, 0.1) is 11.5 Å². The minimum Gasteiger partial charge on any atom is -0.508 e. The number of hydrogen-bond donors (Lipinski definition) is 1. The summed E-state index contributed by atoms with van der Waals surface area (Å²) in [6.45, 7) is 28.7. The zero-order valence-corrected chi connectivity index (χ0v) is 37.0. The summed E-state index contributed by atoms with van der Waals surface area (Å²) in [6, 6.07) is 27.9. The topological polar surface area (TPSA) is 38.7 Å². The first-order valence-corrected chi connectivity index (χ1v) is 21.9. The van der Waals surface area contributed by atoms with Crippen molar-refractivity contribution in [2.75, 3.05) is 0 Å². The number of aromatic hydroxyl groups is 1. The van der Waals surface area contributed by atoms with E-state index in [0.29, 0.717) is 23.5 Å². The number of benzene rings is 3. The fourth-order valence-electron chi connectivity index (χ4n) is 10.0. The lowest BCUT2D eigenvalue weighted by molar-refractivity contribution is -0.184. The van der Waals surface area contributed by atoms with Crippen molar-refractivity contribution in [2.45, 2.75) is 183 Å². The summed E-state index contributed by atoms with van der Waals surface area (Å²) < 4.78 is 14.2. The predicted molar refractivity (Wildman–Crippen MR) is 233 cm³/mol. The van der Waals surface area contributed by atoms with Gasteiger partial charge in [-0.2, -0.15) is 0 Å². The maximum absolute atomic E-state index is 9.99. The lowest BCUT2D eigenvalue weighted by atomic mass is 9.63. The van der Waals surface area contributed by atoms with Crippen molar-refractivity contribution in [3.63, 3.8) is 0 Å². The van der Waals surface area contributed by atoms with Gasteiger partial charge in [-0.25, -0.2) is 0 Å². The molecule has 0 bridgehead atoms. The van der Waals surface area contributed by atoms with E-state index in [1.165, 1.54) is 55.2 Å². The Bertz CT molecular complexity index is 1600. The van der Waals surface area contributed by atoms with Crippen LogP contribution in [0.2, 0.25) is 0 Å². The average molecular weight is 751 g/mol. The maximum Gasteiger partial charge on any atom is 0.209 e. The fraction of sp³-hybridized carbons (Fsp3) is 0.654. The molecular weight excluding hydrogens is 673 g/mol. The lowest BCUT2D eigenvalue weighted by Crippen LogP contribution is -2.47. The van der Waals surface area contributed by atoms with Gasteiger partial charge in [0, 0.05) is 0 Å². The number of phenols is 1. The van der Waals surface area contributed by atoms with Gasteiger partial charge < -0.3 is 14.6 Å². The number of hydrogen-bond acceptors (Lipinski definition) is 3. The van der Waals surface area contributed by atoms with Crippen LogP contribution in [-0.4, -0.2) is 17.5 Å². The molecular formula is C52H78O3. The summed E-state index contributed by atoms with van der Waals surface area (Å²) in [6.07, 6.45) is 13.5. The molecule has 6 atom stereocenters. The van der Waals surface area contributed by atoms with E-state index in [1.807, 2.05) is 12.1 Å². The minimum absolute atomic E-state index is 0.0984. The van der Waals surface area contributed by atoms with E-state index in [2.05, 4.69) is 150 Å². The molecule has 2 aliphatic rings. The number of ether oxygens (including phenoxy) is 2. The summed E-state index contributed by atoms with van der Waals surface area (Å²) >= 11 is 0. The molecule has 304 valence electrons. The highest BCUT2D eigenvalue weighted by molar-refractivity contribution is 5.33. The van der Waals surface area contributed by atoms with E-state index in [-0.39, 0.29) is 39.5 Å². The maximum atomic E-state index is 9.99. The van der Waals surface area contributed by atoms with Crippen LogP contribution in [0, 0.1) is 33.5 Å². The number of rotatable bonds is 15. The molecule has 0 radical (unpaired) electrons. The third-order valence-electron chi connectivity index (χ3n) is 13.7. The Morgan fingerprint density at radius 2 is 1.20 bits per heavy atom. The fourth-order valence-corrected chi connectivity index (χ4v) is 10.0. The van der Waals surface area contributed by atoms with Gasteiger partial charge in [-0.1, -0.05) is 150 Å². The molecule has 0 aromatic heterocycles. The molecule has 0 aliphatic heterocycles. The molecule has 6 unspecified atom stereocenters. The van der Waals surface area contributed by atoms with Crippen LogP contribution in [0.15, 0.2) is 78.9 Å². The van der Waals surface area contributed by atoms with Crippen LogP contribution in [0.5, 0.6) is 11.5 Å². The average Bonchev–Trinajstić information content (AvgIpc) is 3.12. The van der Waals surface area contributed by atoms with E-state index in [4.69, 9.17) is 9.47 Å². The lowest BCUT2D eigenvalue weighted by Gasteiger charge is -2.44. The van der Waals surface area contributed by atoms with E-state index in [9.17, 15) is 5.11 Å². The third-order valence-corrected chi connectivity index (χ3v) is 13.7. The Labute approximate surface area is 337 Å². The predicted octanol–water partition coefficient (Wildman–Crippen LogP) is 15.0. The highest BCUT2D eigenvalue weighted by Crippen LogP contribution is 2.51. The van der Waals surface area contributed by atoms with Gasteiger partial charge in [0.1, 0.15) is 11.5 Å². The Morgan fingerprint density at radius 3 is 1.82 bits per heavy atom. The van der Waals surface area contributed by atoms with Crippen molar-refractivity contribution in [2.24, 2.45) is 33.5 Å². The van der Waals surface area contributed by atoms with Crippen LogP contribution in [-0.2, 0) is 10.2 Å². The first kappa shape index (κ1) is 43.3. The van der Waals surface area contributed by atoms with E-state index in [0.717, 1.165) is 43.8 Å². The van der Waals surface area contributed by atoms with Crippen molar-refractivity contribution in [3.05, 3.63) is 95.6 Å². The SMILES string of the molecule is CC(C)(C)CC(c1ccc(OC(OC2CCCC3CCCCC32)C(C)(C)c2ccccc2)cc1)C(C)(C)CCC(C)(C)CC(c1ccc(O)cc1)C(C)(C)C. The van der Waals surface area contributed by atoms with Crippen molar-refractivity contribution in [3.8, 4) is 11.5 Å². The first-order valence-electron chi connectivity index (χ1n) is 21.9. The van der Waals surface area contributed by atoms with E-state index >= 15 is 0 Å². The van der Waals surface area contributed by atoms with E-state index in [1.54, 1.807) is 0 Å². The first-order chi connectivity index (χ1) is 25.6. The normalized spacial score (nSPS) is 21.7. The summed E-state index contributed by atoms with van der Waals surface area (Å²) in [5.74, 6) is 3.50. The molecule has 2 saturated carbocycles. The monoisotopic (exact) mass is 751 g/mol. The molecule has 3 aromatic carbocycles. The molecule has 0 amide bonds. The molecule has 3 heteroatoms. The Balaban J connectivity index is 1.35. The third kappa shape index (κ3) is 11.6. The Hall–Kier alpha value is -2.78. The Morgan fingerprint density at radius 1 is 0.618 bits per heavy atom. The van der Waals surface area contributed by atoms with Gasteiger partial charge >= 0.3 is 0 Å². The summed E-state index contributed by atoms with van der Waals surface area (Å²) in [7, 11) is 0. The van der Waals surface area contributed by atoms with Gasteiger partial charge in [0.25, 0.3) is 0 Å². The largest absolute Gasteiger partial charge is 0.508 e. The van der Waals surface area contributed by atoms with Crippen LogP contribution in [0.3, 0.4) is 0 Å². The quantitative estimate of drug-likeness (QED) is 0.157. The van der Waals surface area contributed by atoms with Crippen molar-refractivity contribution in [1.82, 2.24) is 0 Å². The second kappa shape index (κ2) is 17.4. The van der Waals surface area contributed by atoms with Crippen LogP contribution < -0.4 is 4.74 Å². The molecule has 0 spiro atoms. The second-order valence-electron chi connectivity index (χ2n) is 22.1. The van der Waals surface area contributed by atoms with Crippen molar-refractivity contribution < 1.29 is 14.6 Å². The molecule has 5 rings (SSSR count). The standard InChI is InChI=1S/C52H78O3/c1-48(2,3)35-45(51(9,10)34-33-50(7,8)36-44(49(4,5)6)38-25-29-41(53)30-26-38)39-27-31-42(32-28-39)54-47(52(11,12)40-21-14-13-15-22-40)55-46-24-18-20-37-19-16-17-23-43(37)46/h13-15,21-22,25-32,37,43-47,53H,16-20,23-24,33-36H2,1-12H3. The van der Waals surface area contributed by atoms with Gasteiger partial charge in [-0.3, -0.25) is 0 Å². The summed E-state index contributed by atoms with van der Waals surface area (Å²) in [5.41, 5.74) is 4.23. The van der Waals surface area contributed by atoms with Gasteiger partial charge in [-0.05, 0) is 145 Å². The highest BCUT2D eigenvalue weighted by Gasteiger charge is 2.42. The zero-order chi connectivity index (χ0) is 40.2. The molecule has 0 heterocycles. The molecule has 3 aromatic rings. The highest BCUT2D eigenvalue weighted by atomic mass is 16.7. The zero-order valence-electron chi connectivity index (χ0n) is 37.0. The smallest absolute Gasteiger partial charge is 0.209 e. The molecule has 1 N–H and O–H groups in total. The number of phenolic OH excluding ortho intramolecular Hbond substituents is 1. The van der Waals surface area contributed by atoms with Crippen LogP contribution in [0.4, 0.5) is 0 Å². The van der Waals surface area contributed by atoms with Gasteiger partial charge in [0.2, 0.25) is 6.29 Å². The van der Waals surface area contributed by atoms with Crippen molar-refractivity contribution in [1.29, 1.82) is 0 Å². The van der Waals surface area contributed by atoms with Gasteiger partial charge in [0.15, 0.2) is 0 Å². The summed E-state index contributed by atoms with van der Waals surface area (Å²) in [4.78, 5) is 0. The van der Waals surface area contributed by atoms with Crippen LogP contribution in [0.1, 0.15) is 182 Å². The van der Waals surface area contributed by atoms with Crippen molar-refractivity contribution >= 4 is 0 Å². The molecule has 3 nitrogen and oxygen atoms in total. The van der Waals surface area contributed by atoms with E-state index < -0.39 is 0 Å². The molecule has 2 fully saturated rings. The van der Waals surface area contributed by atoms with Crippen LogP contribution in [0.25, 0.3) is 0 Å². The summed E-state index contributed by atoms with van der Waals surface area (Å²) in [5, 5.41) is 9.99. The van der Waals surface area contributed by atoms with Crippen LogP contribution >= 0.6 is 0 Å². The minimum atomic E-state index is -0.381. The Kier molecular flexibility index (Phi) is 13.7.